The average Bonchev–Trinajstić information content (AvgIpc) is 2.31. The molecular weight excluding hydrogens is 306 g/mol. The fourth-order valence-electron chi connectivity index (χ4n) is 2.46. The predicted octanol–water partition coefficient (Wildman–Crippen LogP) is 2.47. The highest BCUT2D eigenvalue weighted by Crippen LogP contribution is 2.34. The molecule has 0 heterocycles. The largest absolute Gasteiger partial charge is 0.396 e. The van der Waals surface area contributed by atoms with E-state index in [2.05, 4.69) is 20.8 Å². The van der Waals surface area contributed by atoms with Crippen molar-refractivity contribution in [3.05, 3.63) is 28.2 Å². The van der Waals surface area contributed by atoms with E-state index in [4.69, 9.17) is 16.2 Å². The van der Waals surface area contributed by atoms with Gasteiger partial charge in [-0.2, -0.15) is 0 Å². The van der Waals surface area contributed by atoms with E-state index in [0.717, 1.165) is 28.7 Å². The molecule has 2 rings (SSSR count). The lowest BCUT2D eigenvalue weighted by Crippen LogP contribution is -2.42. The normalized spacial score (nSPS) is 15.1. The van der Waals surface area contributed by atoms with Crippen LogP contribution in [0.1, 0.15) is 31.2 Å². The minimum atomic E-state index is 0.0794. The van der Waals surface area contributed by atoms with E-state index < -0.39 is 0 Å². The molecule has 1 aliphatic rings. The van der Waals surface area contributed by atoms with Crippen LogP contribution < -0.4 is 10.6 Å². The Balaban J connectivity index is 2.34. The average molecular weight is 326 g/mol. The lowest BCUT2D eigenvalue weighted by molar-refractivity contribution is 0.283. The molecule has 19 heavy (non-hydrogen) atoms. The number of hydrogen-bond acceptors (Lipinski definition) is 3. The van der Waals surface area contributed by atoms with E-state index in [0.29, 0.717) is 6.04 Å². The molecule has 0 unspecified atom stereocenters. The number of aliphatic hydroxyl groups excluding tert-OH is 1. The maximum atomic E-state index is 9.06. The smallest absolute Gasteiger partial charge is 0.126 e. The second kappa shape index (κ2) is 6.39. The van der Waals surface area contributed by atoms with Gasteiger partial charge in [-0.1, -0.05) is 6.07 Å². The van der Waals surface area contributed by atoms with Crippen molar-refractivity contribution in [2.24, 2.45) is 5.73 Å². The monoisotopic (exact) mass is 325 g/mol. The molecule has 0 bridgehead atoms. The SMILES string of the molecule is N=C(N)c1c(Br)cccc1N(CCCO)C1CCC1. The Labute approximate surface area is 122 Å². The number of benzene rings is 1. The summed E-state index contributed by atoms with van der Waals surface area (Å²) in [7, 11) is 0. The van der Waals surface area contributed by atoms with E-state index in [1.165, 1.54) is 19.3 Å². The van der Waals surface area contributed by atoms with Gasteiger partial charge >= 0.3 is 0 Å². The Morgan fingerprint density at radius 1 is 1.47 bits per heavy atom. The Kier molecular flexibility index (Phi) is 4.82. The number of nitrogens with one attached hydrogen (secondary N) is 1. The molecule has 1 aromatic carbocycles. The third kappa shape index (κ3) is 3.09. The number of nitrogens with two attached hydrogens (primary N) is 1. The summed E-state index contributed by atoms with van der Waals surface area (Å²) < 4.78 is 0.853. The first-order valence-electron chi connectivity index (χ1n) is 6.65. The molecule has 1 fully saturated rings. The summed E-state index contributed by atoms with van der Waals surface area (Å²) in [6, 6.07) is 6.40. The molecule has 104 valence electrons. The lowest BCUT2D eigenvalue weighted by atomic mass is 9.90. The van der Waals surface area contributed by atoms with Crippen LogP contribution in [0.2, 0.25) is 0 Å². The number of amidine groups is 1. The zero-order valence-electron chi connectivity index (χ0n) is 10.9. The molecule has 0 aromatic heterocycles. The highest BCUT2D eigenvalue weighted by atomic mass is 79.9. The van der Waals surface area contributed by atoms with Gasteiger partial charge in [0.25, 0.3) is 0 Å². The molecular formula is C14H20BrN3O. The number of hydrogen-bond donors (Lipinski definition) is 3. The lowest BCUT2D eigenvalue weighted by Gasteiger charge is -2.40. The zero-order chi connectivity index (χ0) is 13.8. The van der Waals surface area contributed by atoms with Crippen LogP contribution in [-0.4, -0.2) is 30.1 Å². The van der Waals surface area contributed by atoms with Crippen molar-refractivity contribution in [1.29, 1.82) is 5.41 Å². The first-order chi connectivity index (χ1) is 9.15. The molecule has 1 saturated carbocycles. The van der Waals surface area contributed by atoms with E-state index in [1.807, 2.05) is 18.2 Å². The number of halogens is 1. The molecule has 1 aliphatic carbocycles. The molecule has 0 atom stereocenters. The van der Waals surface area contributed by atoms with Gasteiger partial charge in [-0.15, -0.1) is 0 Å². The summed E-state index contributed by atoms with van der Waals surface area (Å²) in [4.78, 5) is 2.29. The van der Waals surface area contributed by atoms with Crippen LogP contribution in [0.5, 0.6) is 0 Å². The van der Waals surface area contributed by atoms with E-state index in [9.17, 15) is 0 Å². The third-order valence-corrected chi connectivity index (χ3v) is 4.30. The van der Waals surface area contributed by atoms with Crippen LogP contribution in [0.15, 0.2) is 22.7 Å². The van der Waals surface area contributed by atoms with Crippen molar-refractivity contribution in [3.63, 3.8) is 0 Å². The van der Waals surface area contributed by atoms with Crippen LogP contribution in [-0.2, 0) is 0 Å². The zero-order valence-corrected chi connectivity index (χ0v) is 12.5. The van der Waals surface area contributed by atoms with Crippen molar-refractivity contribution in [2.45, 2.75) is 31.7 Å². The fourth-order valence-corrected chi connectivity index (χ4v) is 3.03. The number of nitrogen functional groups attached to an aromatic ring is 1. The van der Waals surface area contributed by atoms with Crippen LogP contribution in [0, 0.1) is 5.41 Å². The minimum Gasteiger partial charge on any atom is -0.396 e. The summed E-state index contributed by atoms with van der Waals surface area (Å²) in [5.74, 6) is 0.0794. The molecule has 1 aromatic rings. The first-order valence-corrected chi connectivity index (χ1v) is 7.45. The van der Waals surface area contributed by atoms with Gasteiger partial charge in [-0.25, -0.2) is 0 Å². The van der Waals surface area contributed by atoms with E-state index in [-0.39, 0.29) is 12.4 Å². The predicted molar refractivity (Wildman–Crippen MR) is 81.8 cm³/mol. The van der Waals surface area contributed by atoms with Gasteiger partial charge in [0.2, 0.25) is 0 Å². The Morgan fingerprint density at radius 3 is 2.74 bits per heavy atom. The molecule has 0 saturated heterocycles. The van der Waals surface area contributed by atoms with Crippen LogP contribution in [0.25, 0.3) is 0 Å². The highest BCUT2D eigenvalue weighted by molar-refractivity contribution is 9.10. The number of anilines is 1. The quantitative estimate of drug-likeness (QED) is 0.555. The first kappa shape index (κ1) is 14.3. The van der Waals surface area contributed by atoms with Crippen molar-refractivity contribution < 1.29 is 5.11 Å². The van der Waals surface area contributed by atoms with Gasteiger partial charge in [0.05, 0.1) is 5.56 Å². The summed E-state index contributed by atoms with van der Waals surface area (Å²) in [6.07, 6.45) is 4.34. The molecule has 0 radical (unpaired) electrons. The molecule has 4 nitrogen and oxygen atoms in total. The summed E-state index contributed by atoms with van der Waals surface area (Å²) in [6.45, 7) is 0.991. The number of aliphatic hydroxyl groups is 1. The van der Waals surface area contributed by atoms with Crippen molar-refractivity contribution in [2.75, 3.05) is 18.1 Å². The van der Waals surface area contributed by atoms with Crippen LogP contribution in [0.4, 0.5) is 5.69 Å². The van der Waals surface area contributed by atoms with Gasteiger partial charge in [-0.05, 0) is 53.7 Å². The molecule has 0 amide bonds. The van der Waals surface area contributed by atoms with Crippen molar-refractivity contribution in [3.8, 4) is 0 Å². The number of nitrogens with zero attached hydrogens (tertiary/aromatic N) is 1. The highest BCUT2D eigenvalue weighted by Gasteiger charge is 2.27. The fraction of sp³-hybridized carbons (Fsp3) is 0.500. The van der Waals surface area contributed by atoms with Gasteiger partial charge in [-0.3, -0.25) is 5.41 Å². The maximum Gasteiger partial charge on any atom is 0.126 e. The summed E-state index contributed by atoms with van der Waals surface area (Å²) in [5, 5.41) is 16.8. The van der Waals surface area contributed by atoms with E-state index >= 15 is 0 Å². The summed E-state index contributed by atoms with van der Waals surface area (Å²) >= 11 is 3.48. The van der Waals surface area contributed by atoms with Gasteiger partial charge in [0.1, 0.15) is 5.84 Å². The molecule has 0 aliphatic heterocycles. The van der Waals surface area contributed by atoms with Crippen molar-refractivity contribution >= 4 is 27.5 Å². The Bertz CT molecular complexity index is 460. The number of rotatable bonds is 6. The summed E-state index contributed by atoms with van der Waals surface area (Å²) in [5.41, 5.74) is 7.48. The minimum absolute atomic E-state index is 0.0794. The molecule has 4 N–H and O–H groups in total. The second-order valence-electron chi connectivity index (χ2n) is 4.90. The van der Waals surface area contributed by atoms with Gasteiger partial charge in [0, 0.05) is 29.4 Å². The van der Waals surface area contributed by atoms with Crippen LogP contribution in [0.3, 0.4) is 0 Å². The van der Waals surface area contributed by atoms with E-state index in [1.54, 1.807) is 0 Å². The maximum absolute atomic E-state index is 9.06. The third-order valence-electron chi connectivity index (χ3n) is 3.64. The van der Waals surface area contributed by atoms with Gasteiger partial charge < -0.3 is 15.7 Å². The molecule has 0 spiro atoms. The van der Waals surface area contributed by atoms with Crippen molar-refractivity contribution in [1.82, 2.24) is 0 Å². The Hall–Kier alpha value is -1.07. The topological polar surface area (TPSA) is 73.3 Å². The molecule has 5 heteroatoms. The Morgan fingerprint density at radius 2 is 2.21 bits per heavy atom. The standard InChI is InChI=1S/C14H20BrN3O/c15-11-6-2-7-12(13(11)14(16)17)18(8-3-9-19)10-4-1-5-10/h2,6-7,10,19H,1,3-5,8-9H2,(H3,16,17). The van der Waals surface area contributed by atoms with Crippen LogP contribution >= 0.6 is 15.9 Å². The van der Waals surface area contributed by atoms with Gasteiger partial charge in [0.15, 0.2) is 0 Å². The second-order valence-corrected chi connectivity index (χ2v) is 5.76.